The van der Waals surface area contributed by atoms with Gasteiger partial charge in [-0.05, 0) is 49.3 Å². The standard InChI is InChI=1S/C19H24ClN3O/c1-13-21-5-6-23(13)18-8-15-11-22(12-16(15)9-19(18)24)10-14-3-2-4-17(20)7-14/h2-7,15-16,18-19,24H,8-12H2,1H3/t15-,16+,18-,19-/m0/s1. The molecule has 1 aliphatic heterocycles. The van der Waals surface area contributed by atoms with Crippen LogP contribution in [0.15, 0.2) is 36.7 Å². The molecule has 1 saturated carbocycles. The zero-order valence-corrected chi connectivity index (χ0v) is 14.7. The van der Waals surface area contributed by atoms with Gasteiger partial charge in [0.25, 0.3) is 0 Å². The minimum absolute atomic E-state index is 0.167. The fourth-order valence-corrected chi connectivity index (χ4v) is 4.78. The number of fused-ring (bicyclic) bond motifs is 1. The molecule has 4 nitrogen and oxygen atoms in total. The predicted octanol–water partition coefficient (Wildman–Crippen LogP) is 3.29. The number of aliphatic hydroxyl groups excluding tert-OH is 1. The SMILES string of the molecule is Cc1nccn1[C@H]1C[C@H]2CN(Cc3cccc(Cl)c3)C[C@H]2C[C@@H]1O. The third kappa shape index (κ3) is 3.10. The molecule has 2 aliphatic rings. The first kappa shape index (κ1) is 16.1. The minimum atomic E-state index is -0.273. The number of benzene rings is 1. The van der Waals surface area contributed by atoms with E-state index in [1.807, 2.05) is 31.5 Å². The summed E-state index contributed by atoms with van der Waals surface area (Å²) in [6.07, 6.45) is 5.48. The monoisotopic (exact) mass is 345 g/mol. The van der Waals surface area contributed by atoms with E-state index in [2.05, 4.69) is 26.6 Å². The van der Waals surface area contributed by atoms with Gasteiger partial charge in [-0.15, -0.1) is 0 Å². The molecular formula is C19H24ClN3O. The topological polar surface area (TPSA) is 41.3 Å². The zero-order chi connectivity index (χ0) is 16.7. The summed E-state index contributed by atoms with van der Waals surface area (Å²) < 4.78 is 2.15. The van der Waals surface area contributed by atoms with Crippen LogP contribution in [0.25, 0.3) is 0 Å². The Morgan fingerprint density at radius 1 is 1.25 bits per heavy atom. The summed E-state index contributed by atoms with van der Waals surface area (Å²) in [7, 11) is 0. The number of aryl methyl sites for hydroxylation is 1. The largest absolute Gasteiger partial charge is 0.391 e. The molecule has 128 valence electrons. The molecule has 0 unspecified atom stereocenters. The first-order valence-corrected chi connectivity index (χ1v) is 9.12. The molecular weight excluding hydrogens is 322 g/mol. The van der Waals surface area contributed by atoms with Gasteiger partial charge in [0.2, 0.25) is 0 Å². The van der Waals surface area contributed by atoms with Gasteiger partial charge in [0.15, 0.2) is 0 Å². The van der Waals surface area contributed by atoms with Crippen LogP contribution in [0, 0.1) is 18.8 Å². The van der Waals surface area contributed by atoms with Crippen molar-refractivity contribution in [2.45, 2.75) is 38.5 Å². The van der Waals surface area contributed by atoms with Crippen LogP contribution in [0.2, 0.25) is 5.02 Å². The van der Waals surface area contributed by atoms with E-state index >= 15 is 0 Å². The molecule has 4 rings (SSSR count). The molecule has 0 spiro atoms. The van der Waals surface area contributed by atoms with Crippen LogP contribution in [-0.4, -0.2) is 38.8 Å². The number of rotatable bonds is 3. The number of halogens is 1. The maximum Gasteiger partial charge on any atom is 0.105 e. The zero-order valence-electron chi connectivity index (χ0n) is 14.0. The van der Waals surface area contributed by atoms with E-state index in [4.69, 9.17) is 11.6 Å². The van der Waals surface area contributed by atoms with Gasteiger partial charge in [0, 0.05) is 37.1 Å². The number of likely N-dealkylation sites (tertiary alicyclic amines) is 1. The van der Waals surface area contributed by atoms with Gasteiger partial charge in [0.1, 0.15) is 5.82 Å². The number of nitrogens with zero attached hydrogens (tertiary/aromatic N) is 3. The molecule has 1 saturated heterocycles. The fraction of sp³-hybridized carbons (Fsp3) is 0.526. The van der Waals surface area contributed by atoms with Gasteiger partial charge in [-0.1, -0.05) is 23.7 Å². The van der Waals surface area contributed by atoms with Crippen molar-refractivity contribution in [3.05, 3.63) is 53.1 Å². The summed E-state index contributed by atoms with van der Waals surface area (Å²) >= 11 is 6.10. The molecule has 2 heterocycles. The maximum atomic E-state index is 10.6. The molecule has 1 aromatic heterocycles. The number of hydrogen-bond acceptors (Lipinski definition) is 3. The van der Waals surface area contributed by atoms with E-state index in [9.17, 15) is 5.11 Å². The Labute approximate surface area is 148 Å². The third-order valence-corrected chi connectivity index (χ3v) is 5.93. The van der Waals surface area contributed by atoms with Crippen molar-refractivity contribution in [3.8, 4) is 0 Å². The number of imidazole rings is 1. The minimum Gasteiger partial charge on any atom is -0.391 e. The van der Waals surface area contributed by atoms with Gasteiger partial charge in [-0.25, -0.2) is 4.98 Å². The van der Waals surface area contributed by atoms with Crippen LogP contribution >= 0.6 is 11.6 Å². The van der Waals surface area contributed by atoms with Crippen LogP contribution in [0.1, 0.15) is 30.3 Å². The highest BCUT2D eigenvalue weighted by molar-refractivity contribution is 6.30. The number of aliphatic hydroxyl groups is 1. The Morgan fingerprint density at radius 2 is 2.04 bits per heavy atom. The lowest BCUT2D eigenvalue weighted by atomic mass is 9.77. The quantitative estimate of drug-likeness (QED) is 0.928. The molecule has 0 amide bonds. The molecule has 1 aromatic carbocycles. The molecule has 1 N–H and O–H groups in total. The average molecular weight is 346 g/mol. The summed E-state index contributed by atoms with van der Waals surface area (Å²) in [6, 6.07) is 8.29. The normalized spacial score (nSPS) is 30.5. The van der Waals surface area contributed by atoms with Crippen LogP contribution < -0.4 is 0 Å². The summed E-state index contributed by atoms with van der Waals surface area (Å²) in [5.74, 6) is 2.24. The van der Waals surface area contributed by atoms with E-state index in [-0.39, 0.29) is 12.1 Å². The van der Waals surface area contributed by atoms with Gasteiger partial charge < -0.3 is 9.67 Å². The van der Waals surface area contributed by atoms with Crippen LogP contribution in [0.5, 0.6) is 0 Å². The second-order valence-electron chi connectivity index (χ2n) is 7.33. The molecule has 0 bridgehead atoms. The molecule has 4 atom stereocenters. The average Bonchev–Trinajstić information content (AvgIpc) is 3.11. The molecule has 24 heavy (non-hydrogen) atoms. The summed E-state index contributed by atoms with van der Waals surface area (Å²) in [5.41, 5.74) is 1.27. The first-order chi connectivity index (χ1) is 11.6. The van der Waals surface area contributed by atoms with Crippen molar-refractivity contribution in [3.63, 3.8) is 0 Å². The van der Waals surface area contributed by atoms with Gasteiger partial charge in [0.05, 0.1) is 12.1 Å². The van der Waals surface area contributed by atoms with Crippen LogP contribution in [0.3, 0.4) is 0 Å². The van der Waals surface area contributed by atoms with E-state index in [1.54, 1.807) is 0 Å². The van der Waals surface area contributed by atoms with Gasteiger partial charge >= 0.3 is 0 Å². The molecule has 2 aromatic rings. The first-order valence-electron chi connectivity index (χ1n) is 8.74. The third-order valence-electron chi connectivity index (χ3n) is 5.70. The molecule has 0 radical (unpaired) electrons. The van der Waals surface area contributed by atoms with E-state index in [0.717, 1.165) is 43.3 Å². The Balaban J connectivity index is 1.44. The van der Waals surface area contributed by atoms with Gasteiger partial charge in [-0.3, -0.25) is 4.90 Å². The van der Waals surface area contributed by atoms with Crippen molar-refractivity contribution in [1.29, 1.82) is 0 Å². The maximum absolute atomic E-state index is 10.6. The van der Waals surface area contributed by atoms with E-state index < -0.39 is 0 Å². The van der Waals surface area contributed by atoms with Crippen LogP contribution in [0.4, 0.5) is 0 Å². The number of aromatic nitrogens is 2. The lowest BCUT2D eigenvalue weighted by Gasteiger charge is -2.36. The highest BCUT2D eigenvalue weighted by Gasteiger charge is 2.42. The van der Waals surface area contributed by atoms with Crippen molar-refractivity contribution >= 4 is 11.6 Å². The highest BCUT2D eigenvalue weighted by Crippen LogP contribution is 2.42. The predicted molar refractivity (Wildman–Crippen MR) is 95.0 cm³/mol. The summed E-state index contributed by atoms with van der Waals surface area (Å²) in [4.78, 5) is 6.83. The summed E-state index contributed by atoms with van der Waals surface area (Å²) in [6.45, 7) is 5.13. The fourth-order valence-electron chi connectivity index (χ4n) is 4.56. The van der Waals surface area contributed by atoms with E-state index in [0.29, 0.717) is 11.8 Å². The molecule has 2 fully saturated rings. The van der Waals surface area contributed by atoms with E-state index in [1.165, 1.54) is 5.56 Å². The lowest BCUT2D eigenvalue weighted by molar-refractivity contribution is 0.0349. The lowest BCUT2D eigenvalue weighted by Crippen LogP contribution is -2.36. The summed E-state index contributed by atoms with van der Waals surface area (Å²) in [5, 5.41) is 11.4. The smallest absolute Gasteiger partial charge is 0.105 e. The van der Waals surface area contributed by atoms with Crippen molar-refractivity contribution < 1.29 is 5.11 Å². The molecule has 1 aliphatic carbocycles. The van der Waals surface area contributed by atoms with Crippen molar-refractivity contribution in [1.82, 2.24) is 14.5 Å². The second-order valence-corrected chi connectivity index (χ2v) is 7.77. The van der Waals surface area contributed by atoms with Crippen molar-refractivity contribution in [2.24, 2.45) is 11.8 Å². The Kier molecular flexibility index (Phi) is 4.37. The van der Waals surface area contributed by atoms with Crippen LogP contribution in [-0.2, 0) is 6.54 Å². The van der Waals surface area contributed by atoms with Crippen molar-refractivity contribution in [2.75, 3.05) is 13.1 Å². The number of hydrogen-bond donors (Lipinski definition) is 1. The molecule has 5 heteroatoms. The highest BCUT2D eigenvalue weighted by atomic mass is 35.5. The Bertz CT molecular complexity index is 716. The Hall–Kier alpha value is -1.36. The second kappa shape index (κ2) is 6.51. The van der Waals surface area contributed by atoms with Gasteiger partial charge in [-0.2, -0.15) is 0 Å². The Morgan fingerprint density at radius 3 is 2.75 bits per heavy atom.